The van der Waals surface area contributed by atoms with E-state index < -0.39 is 0 Å². The molecule has 0 aliphatic rings. The van der Waals surface area contributed by atoms with Gasteiger partial charge in [0.25, 0.3) is 5.91 Å². The summed E-state index contributed by atoms with van der Waals surface area (Å²) in [6, 6.07) is 14.7. The third-order valence-corrected chi connectivity index (χ3v) is 3.85. The lowest BCUT2D eigenvalue weighted by molar-refractivity contribution is -0.123. The van der Waals surface area contributed by atoms with Gasteiger partial charge in [-0.3, -0.25) is 4.79 Å². The Labute approximate surface area is 144 Å². The molecule has 0 aliphatic carbocycles. The van der Waals surface area contributed by atoms with Crippen molar-refractivity contribution >= 4 is 28.4 Å². The maximum Gasteiger partial charge on any atom is 0.258 e. The number of amides is 1. The van der Waals surface area contributed by atoms with Crippen molar-refractivity contribution < 1.29 is 9.53 Å². The lowest BCUT2D eigenvalue weighted by Crippen LogP contribution is -2.31. The number of rotatable bonds is 5. The van der Waals surface area contributed by atoms with Gasteiger partial charge in [-0.05, 0) is 36.8 Å². The highest BCUT2D eigenvalue weighted by molar-refractivity contribution is 6.30. The molecule has 5 nitrogen and oxygen atoms in total. The maximum atomic E-state index is 12.1. The molecule has 0 saturated heterocycles. The molecule has 0 radical (unpaired) electrons. The van der Waals surface area contributed by atoms with Crippen LogP contribution in [0.4, 0.5) is 0 Å². The first-order valence-electron chi connectivity index (χ1n) is 7.51. The van der Waals surface area contributed by atoms with Crippen molar-refractivity contribution in [2.75, 3.05) is 6.61 Å². The zero-order valence-electron chi connectivity index (χ0n) is 13.1. The summed E-state index contributed by atoms with van der Waals surface area (Å²) in [4.78, 5) is 20.4. The minimum atomic E-state index is -0.222. The Morgan fingerprint density at radius 2 is 1.92 bits per heavy atom. The number of aromatic nitrogens is 2. The first kappa shape index (κ1) is 16.2. The highest BCUT2D eigenvalue weighted by Crippen LogP contribution is 2.20. The smallest absolute Gasteiger partial charge is 0.258 e. The van der Waals surface area contributed by atoms with Gasteiger partial charge in [0.15, 0.2) is 6.61 Å². The number of fused-ring (bicyclic) bond motifs is 1. The standard InChI is InChI=1S/C18H16ClN3O2/c1-12(13-6-8-14(19)9-7-13)22-17(23)10-24-18-15-4-2-3-5-16(15)20-11-21-18/h2-9,11-12H,10H2,1H3,(H,22,23). The Kier molecular flexibility index (Phi) is 4.91. The molecule has 3 aromatic rings. The monoisotopic (exact) mass is 341 g/mol. The lowest BCUT2D eigenvalue weighted by Gasteiger charge is -2.15. The van der Waals surface area contributed by atoms with Crippen LogP contribution in [0.3, 0.4) is 0 Å². The zero-order chi connectivity index (χ0) is 16.9. The molecular weight excluding hydrogens is 326 g/mol. The van der Waals surface area contributed by atoms with Gasteiger partial charge < -0.3 is 10.1 Å². The van der Waals surface area contributed by atoms with Gasteiger partial charge in [0.05, 0.1) is 16.9 Å². The van der Waals surface area contributed by atoms with E-state index in [-0.39, 0.29) is 18.6 Å². The van der Waals surface area contributed by atoms with Crippen LogP contribution in [0, 0.1) is 0 Å². The molecule has 0 aliphatic heterocycles. The number of nitrogens with one attached hydrogen (secondary N) is 1. The van der Waals surface area contributed by atoms with E-state index in [0.717, 1.165) is 16.5 Å². The number of hydrogen-bond donors (Lipinski definition) is 1. The number of halogens is 1. The van der Waals surface area contributed by atoms with Crippen LogP contribution in [0.25, 0.3) is 10.9 Å². The summed E-state index contributed by atoms with van der Waals surface area (Å²) >= 11 is 5.87. The largest absolute Gasteiger partial charge is 0.467 e. The predicted molar refractivity (Wildman–Crippen MR) is 93.0 cm³/mol. The average Bonchev–Trinajstić information content (AvgIpc) is 2.60. The van der Waals surface area contributed by atoms with Crippen LogP contribution in [-0.2, 0) is 4.79 Å². The Morgan fingerprint density at radius 1 is 1.17 bits per heavy atom. The van der Waals surface area contributed by atoms with E-state index in [1.807, 2.05) is 43.3 Å². The highest BCUT2D eigenvalue weighted by Gasteiger charge is 2.11. The second-order valence-electron chi connectivity index (χ2n) is 5.33. The minimum Gasteiger partial charge on any atom is -0.467 e. The number of para-hydroxylation sites is 1. The molecule has 1 heterocycles. The Hall–Kier alpha value is -2.66. The van der Waals surface area contributed by atoms with Crippen LogP contribution < -0.4 is 10.1 Å². The second kappa shape index (κ2) is 7.27. The average molecular weight is 342 g/mol. The molecule has 1 aromatic heterocycles. The molecule has 24 heavy (non-hydrogen) atoms. The Balaban J connectivity index is 1.62. The van der Waals surface area contributed by atoms with E-state index in [2.05, 4.69) is 15.3 Å². The van der Waals surface area contributed by atoms with Crippen LogP contribution in [0.1, 0.15) is 18.5 Å². The first-order valence-corrected chi connectivity index (χ1v) is 7.88. The molecule has 0 fully saturated rings. The summed E-state index contributed by atoms with van der Waals surface area (Å²) < 4.78 is 5.55. The van der Waals surface area contributed by atoms with E-state index in [0.29, 0.717) is 10.9 Å². The van der Waals surface area contributed by atoms with Crippen LogP contribution in [-0.4, -0.2) is 22.5 Å². The van der Waals surface area contributed by atoms with Gasteiger partial charge >= 0.3 is 0 Å². The summed E-state index contributed by atoms with van der Waals surface area (Å²) in [7, 11) is 0. The van der Waals surface area contributed by atoms with E-state index in [9.17, 15) is 4.79 Å². The van der Waals surface area contributed by atoms with Gasteiger partial charge in [0.2, 0.25) is 5.88 Å². The fraction of sp³-hybridized carbons (Fsp3) is 0.167. The topological polar surface area (TPSA) is 64.1 Å². The van der Waals surface area contributed by atoms with Gasteiger partial charge in [-0.2, -0.15) is 0 Å². The molecule has 1 unspecified atom stereocenters. The van der Waals surface area contributed by atoms with Crippen LogP contribution in [0.2, 0.25) is 5.02 Å². The lowest BCUT2D eigenvalue weighted by atomic mass is 10.1. The van der Waals surface area contributed by atoms with Crippen molar-refractivity contribution in [3.05, 3.63) is 65.4 Å². The number of ether oxygens (including phenoxy) is 1. The second-order valence-corrected chi connectivity index (χ2v) is 5.76. The normalized spacial score (nSPS) is 11.9. The minimum absolute atomic E-state index is 0.112. The molecule has 1 atom stereocenters. The molecule has 6 heteroatoms. The molecule has 1 N–H and O–H groups in total. The van der Waals surface area contributed by atoms with Crippen LogP contribution in [0.15, 0.2) is 54.9 Å². The number of carbonyl (C=O) groups excluding carboxylic acids is 1. The summed E-state index contributed by atoms with van der Waals surface area (Å²) in [6.45, 7) is 1.79. The molecule has 0 saturated carbocycles. The van der Waals surface area contributed by atoms with Crippen molar-refractivity contribution in [2.24, 2.45) is 0 Å². The Bertz CT molecular complexity index is 847. The van der Waals surface area contributed by atoms with Gasteiger partial charge in [-0.1, -0.05) is 35.9 Å². The summed E-state index contributed by atoms with van der Waals surface area (Å²) in [5.74, 6) is 0.176. The predicted octanol–water partition coefficient (Wildman–Crippen LogP) is 3.54. The van der Waals surface area contributed by atoms with E-state index in [1.165, 1.54) is 6.33 Å². The first-order chi connectivity index (χ1) is 11.6. The molecule has 1 amide bonds. The molecule has 122 valence electrons. The van der Waals surface area contributed by atoms with Gasteiger partial charge in [-0.25, -0.2) is 9.97 Å². The van der Waals surface area contributed by atoms with Crippen LogP contribution >= 0.6 is 11.6 Å². The third kappa shape index (κ3) is 3.81. The van der Waals surface area contributed by atoms with E-state index in [1.54, 1.807) is 12.1 Å². The van der Waals surface area contributed by atoms with Gasteiger partial charge in [0, 0.05) is 5.02 Å². The van der Waals surface area contributed by atoms with Gasteiger partial charge in [0.1, 0.15) is 6.33 Å². The molecule has 0 spiro atoms. The fourth-order valence-electron chi connectivity index (χ4n) is 2.35. The summed E-state index contributed by atoms with van der Waals surface area (Å²) in [5, 5.41) is 4.32. The van der Waals surface area contributed by atoms with Crippen molar-refractivity contribution in [1.82, 2.24) is 15.3 Å². The molecule has 0 bridgehead atoms. The van der Waals surface area contributed by atoms with Crippen LogP contribution in [0.5, 0.6) is 5.88 Å². The third-order valence-electron chi connectivity index (χ3n) is 3.59. The summed E-state index contributed by atoms with van der Waals surface area (Å²) in [5.41, 5.74) is 1.75. The molecule has 2 aromatic carbocycles. The highest BCUT2D eigenvalue weighted by atomic mass is 35.5. The maximum absolute atomic E-state index is 12.1. The Morgan fingerprint density at radius 3 is 2.71 bits per heavy atom. The van der Waals surface area contributed by atoms with E-state index >= 15 is 0 Å². The van der Waals surface area contributed by atoms with Crippen molar-refractivity contribution in [1.29, 1.82) is 0 Å². The fourth-order valence-corrected chi connectivity index (χ4v) is 2.47. The number of carbonyl (C=O) groups is 1. The van der Waals surface area contributed by atoms with Crippen molar-refractivity contribution in [3.8, 4) is 5.88 Å². The number of benzene rings is 2. The summed E-state index contributed by atoms with van der Waals surface area (Å²) in [6.07, 6.45) is 1.42. The quantitative estimate of drug-likeness (QED) is 0.771. The SMILES string of the molecule is CC(NC(=O)COc1ncnc2ccccc12)c1ccc(Cl)cc1. The molecule has 3 rings (SSSR count). The zero-order valence-corrected chi connectivity index (χ0v) is 13.8. The number of hydrogen-bond acceptors (Lipinski definition) is 4. The van der Waals surface area contributed by atoms with Gasteiger partial charge in [-0.15, -0.1) is 0 Å². The van der Waals surface area contributed by atoms with Crippen molar-refractivity contribution in [2.45, 2.75) is 13.0 Å². The number of nitrogens with zero attached hydrogens (tertiary/aromatic N) is 2. The molecular formula is C18H16ClN3O2. The van der Waals surface area contributed by atoms with Crippen molar-refractivity contribution in [3.63, 3.8) is 0 Å². The van der Waals surface area contributed by atoms with E-state index in [4.69, 9.17) is 16.3 Å².